The number of nitrogens with one attached hydrogen (secondary N) is 1. The summed E-state index contributed by atoms with van der Waals surface area (Å²) < 4.78 is 29.1. The highest BCUT2D eigenvalue weighted by molar-refractivity contribution is 7.89. The van der Waals surface area contributed by atoms with Gasteiger partial charge in [0.05, 0.1) is 10.6 Å². The van der Waals surface area contributed by atoms with Gasteiger partial charge in [-0.05, 0) is 62.9 Å². The van der Waals surface area contributed by atoms with Crippen LogP contribution in [0.3, 0.4) is 0 Å². The number of benzene rings is 1. The number of aromatic nitrogens is 2. The van der Waals surface area contributed by atoms with Crippen molar-refractivity contribution < 1.29 is 8.42 Å². The van der Waals surface area contributed by atoms with Crippen molar-refractivity contribution in [3.05, 3.63) is 46.3 Å². The van der Waals surface area contributed by atoms with E-state index in [1.54, 1.807) is 12.1 Å². The summed E-state index contributed by atoms with van der Waals surface area (Å²) in [5, 5.41) is 4.34. The molecular formula is C16H23N3O2S. The van der Waals surface area contributed by atoms with E-state index < -0.39 is 10.0 Å². The van der Waals surface area contributed by atoms with Crippen LogP contribution in [-0.4, -0.2) is 24.7 Å². The maximum atomic E-state index is 12.3. The molecule has 1 N–H and O–H groups in total. The van der Waals surface area contributed by atoms with Gasteiger partial charge in [0.2, 0.25) is 10.0 Å². The predicted octanol–water partition coefficient (Wildman–Crippen LogP) is 2.17. The number of rotatable bonds is 5. The zero-order valence-electron chi connectivity index (χ0n) is 13.8. The molecule has 1 aromatic heterocycles. The highest BCUT2D eigenvalue weighted by atomic mass is 32.2. The molecule has 0 radical (unpaired) electrons. The molecule has 0 aliphatic heterocycles. The number of nitrogens with zero attached hydrogens (tertiary/aromatic N) is 2. The topological polar surface area (TPSA) is 64.0 Å². The zero-order valence-corrected chi connectivity index (χ0v) is 14.6. The maximum Gasteiger partial charge on any atom is 0.240 e. The van der Waals surface area contributed by atoms with Crippen LogP contribution in [0.5, 0.6) is 0 Å². The Labute approximate surface area is 132 Å². The Balaban J connectivity index is 2.08. The average molecular weight is 321 g/mol. The molecule has 5 nitrogen and oxygen atoms in total. The maximum absolute atomic E-state index is 12.3. The van der Waals surface area contributed by atoms with E-state index in [9.17, 15) is 8.42 Å². The molecule has 0 unspecified atom stereocenters. The van der Waals surface area contributed by atoms with E-state index in [4.69, 9.17) is 0 Å². The molecule has 0 spiro atoms. The lowest BCUT2D eigenvalue weighted by Gasteiger charge is -2.09. The third-order valence-electron chi connectivity index (χ3n) is 4.11. The number of sulfonamides is 1. The summed E-state index contributed by atoms with van der Waals surface area (Å²) in [4.78, 5) is 0.315. The van der Waals surface area contributed by atoms with Crippen molar-refractivity contribution in [2.24, 2.45) is 7.05 Å². The molecule has 0 amide bonds. The van der Waals surface area contributed by atoms with Gasteiger partial charge in [-0.1, -0.05) is 6.07 Å². The lowest BCUT2D eigenvalue weighted by atomic mass is 10.1. The van der Waals surface area contributed by atoms with Crippen LogP contribution in [0.2, 0.25) is 0 Å². The molecule has 0 aliphatic rings. The van der Waals surface area contributed by atoms with Crippen molar-refractivity contribution in [2.45, 2.75) is 39.0 Å². The van der Waals surface area contributed by atoms with Crippen LogP contribution in [0.15, 0.2) is 23.1 Å². The number of aryl methyl sites for hydroxylation is 4. The smallest absolute Gasteiger partial charge is 0.240 e. The van der Waals surface area contributed by atoms with Crippen LogP contribution in [-0.2, 0) is 23.5 Å². The SMILES string of the molecule is Cc1ccc(S(=O)(=O)NCCc2c(C)nn(C)c2C)cc1C. The Hall–Kier alpha value is -1.66. The van der Waals surface area contributed by atoms with Gasteiger partial charge in [-0.15, -0.1) is 0 Å². The van der Waals surface area contributed by atoms with E-state index in [1.807, 2.05) is 45.5 Å². The molecule has 2 rings (SSSR count). The summed E-state index contributed by atoms with van der Waals surface area (Å²) in [5.41, 5.74) is 5.18. The van der Waals surface area contributed by atoms with Gasteiger partial charge in [-0.25, -0.2) is 13.1 Å². The standard InChI is InChI=1S/C16H23N3O2S/c1-11-6-7-15(10-12(11)2)22(20,21)17-9-8-16-13(3)18-19(5)14(16)4/h6-7,10,17H,8-9H2,1-5H3. The first kappa shape index (κ1) is 16.7. The van der Waals surface area contributed by atoms with Gasteiger partial charge in [0.25, 0.3) is 0 Å². The van der Waals surface area contributed by atoms with E-state index in [0.717, 1.165) is 28.1 Å². The Morgan fingerprint density at radius 2 is 1.82 bits per heavy atom. The molecule has 120 valence electrons. The fourth-order valence-corrected chi connectivity index (χ4v) is 3.57. The van der Waals surface area contributed by atoms with Crippen LogP contribution in [0, 0.1) is 27.7 Å². The fourth-order valence-electron chi connectivity index (χ4n) is 2.45. The molecule has 1 heterocycles. The van der Waals surface area contributed by atoms with Crippen LogP contribution >= 0.6 is 0 Å². The first-order valence-corrected chi connectivity index (χ1v) is 8.76. The lowest BCUT2D eigenvalue weighted by Crippen LogP contribution is -2.26. The largest absolute Gasteiger partial charge is 0.272 e. The zero-order chi connectivity index (χ0) is 16.5. The van der Waals surface area contributed by atoms with Crippen LogP contribution in [0.4, 0.5) is 0 Å². The Morgan fingerprint density at radius 1 is 1.14 bits per heavy atom. The number of hydrogen-bond acceptors (Lipinski definition) is 3. The van der Waals surface area contributed by atoms with Crippen molar-refractivity contribution in [3.8, 4) is 0 Å². The molecule has 0 saturated heterocycles. The van der Waals surface area contributed by atoms with E-state index in [2.05, 4.69) is 9.82 Å². The normalized spacial score (nSPS) is 11.9. The molecule has 0 saturated carbocycles. The highest BCUT2D eigenvalue weighted by Gasteiger charge is 2.15. The summed E-state index contributed by atoms with van der Waals surface area (Å²) in [6, 6.07) is 5.18. The van der Waals surface area contributed by atoms with Gasteiger partial charge in [0.15, 0.2) is 0 Å². The lowest BCUT2D eigenvalue weighted by molar-refractivity contribution is 0.581. The summed E-state index contributed by atoms with van der Waals surface area (Å²) in [7, 11) is -1.57. The summed E-state index contributed by atoms with van der Waals surface area (Å²) in [6.45, 7) is 8.18. The molecule has 1 aromatic carbocycles. The van der Waals surface area contributed by atoms with Crippen molar-refractivity contribution in [3.63, 3.8) is 0 Å². The van der Waals surface area contributed by atoms with Crippen molar-refractivity contribution in [1.29, 1.82) is 0 Å². The third kappa shape index (κ3) is 3.39. The minimum atomic E-state index is -3.47. The van der Waals surface area contributed by atoms with E-state index in [0.29, 0.717) is 17.9 Å². The van der Waals surface area contributed by atoms with Crippen LogP contribution < -0.4 is 4.72 Å². The van der Waals surface area contributed by atoms with Crippen LogP contribution in [0.1, 0.15) is 28.1 Å². The minimum absolute atomic E-state index is 0.315. The van der Waals surface area contributed by atoms with Crippen molar-refractivity contribution in [1.82, 2.24) is 14.5 Å². The molecule has 0 bridgehead atoms. The molecule has 0 atom stereocenters. The Morgan fingerprint density at radius 3 is 2.36 bits per heavy atom. The summed E-state index contributed by atoms with van der Waals surface area (Å²) >= 11 is 0. The van der Waals surface area contributed by atoms with Crippen molar-refractivity contribution in [2.75, 3.05) is 6.54 Å². The molecule has 0 fully saturated rings. The fraction of sp³-hybridized carbons (Fsp3) is 0.438. The monoisotopic (exact) mass is 321 g/mol. The average Bonchev–Trinajstić information content (AvgIpc) is 2.68. The van der Waals surface area contributed by atoms with Gasteiger partial charge >= 0.3 is 0 Å². The van der Waals surface area contributed by atoms with E-state index in [1.165, 1.54) is 0 Å². The van der Waals surface area contributed by atoms with Gasteiger partial charge in [-0.2, -0.15) is 5.10 Å². The number of hydrogen-bond donors (Lipinski definition) is 1. The van der Waals surface area contributed by atoms with Gasteiger partial charge in [-0.3, -0.25) is 4.68 Å². The van der Waals surface area contributed by atoms with Gasteiger partial charge in [0.1, 0.15) is 0 Å². The van der Waals surface area contributed by atoms with E-state index in [-0.39, 0.29) is 0 Å². The Bertz CT molecular complexity index is 792. The highest BCUT2D eigenvalue weighted by Crippen LogP contribution is 2.15. The molecule has 2 aromatic rings. The second kappa shape index (κ2) is 6.22. The summed E-state index contributed by atoms with van der Waals surface area (Å²) in [6.07, 6.45) is 0.635. The summed E-state index contributed by atoms with van der Waals surface area (Å²) in [5.74, 6) is 0. The quantitative estimate of drug-likeness (QED) is 0.918. The van der Waals surface area contributed by atoms with Crippen LogP contribution in [0.25, 0.3) is 0 Å². The first-order chi connectivity index (χ1) is 10.2. The molecule has 0 aliphatic carbocycles. The predicted molar refractivity (Wildman–Crippen MR) is 87.5 cm³/mol. The van der Waals surface area contributed by atoms with Crippen molar-refractivity contribution >= 4 is 10.0 Å². The second-order valence-corrected chi connectivity index (χ2v) is 7.43. The first-order valence-electron chi connectivity index (χ1n) is 7.28. The molecule has 6 heteroatoms. The Kier molecular flexibility index (Phi) is 4.72. The van der Waals surface area contributed by atoms with Gasteiger partial charge in [0, 0.05) is 19.3 Å². The molecule has 22 heavy (non-hydrogen) atoms. The minimum Gasteiger partial charge on any atom is -0.272 e. The van der Waals surface area contributed by atoms with Gasteiger partial charge < -0.3 is 0 Å². The second-order valence-electron chi connectivity index (χ2n) is 5.67. The third-order valence-corrected chi connectivity index (χ3v) is 5.57. The van der Waals surface area contributed by atoms with E-state index >= 15 is 0 Å². The molecular weight excluding hydrogens is 298 g/mol.